The molecule has 0 aromatic heterocycles. The van der Waals surface area contributed by atoms with Crippen LogP contribution in [-0.4, -0.2) is 24.0 Å². The summed E-state index contributed by atoms with van der Waals surface area (Å²) in [5.41, 5.74) is 0. The summed E-state index contributed by atoms with van der Waals surface area (Å²) in [5.74, 6) is 1.74. The van der Waals surface area contributed by atoms with E-state index in [9.17, 15) is 4.79 Å². The van der Waals surface area contributed by atoms with Gasteiger partial charge in [-0.05, 0) is 43.9 Å². The molecule has 1 saturated heterocycles. The van der Waals surface area contributed by atoms with Gasteiger partial charge in [0.15, 0.2) is 0 Å². The molecule has 2 saturated carbocycles. The highest BCUT2D eigenvalue weighted by Gasteiger charge is 2.39. The van der Waals surface area contributed by atoms with Crippen molar-refractivity contribution in [1.82, 2.24) is 10.6 Å². The number of hydrogen-bond donors (Lipinski definition) is 2. The van der Waals surface area contributed by atoms with Crippen molar-refractivity contribution in [1.29, 1.82) is 0 Å². The van der Waals surface area contributed by atoms with E-state index in [1.807, 2.05) is 0 Å². The molecular formula is C17H30N2O. The monoisotopic (exact) mass is 278 g/mol. The van der Waals surface area contributed by atoms with Crippen LogP contribution in [0.4, 0.5) is 0 Å². The number of amides is 1. The summed E-state index contributed by atoms with van der Waals surface area (Å²) in [4.78, 5) is 12.5. The zero-order valence-corrected chi connectivity index (χ0v) is 12.9. The lowest BCUT2D eigenvalue weighted by Crippen LogP contribution is -2.49. The fourth-order valence-corrected chi connectivity index (χ4v) is 4.69. The van der Waals surface area contributed by atoms with Gasteiger partial charge in [0.05, 0.1) is 6.04 Å². The fraction of sp³-hybridized carbons (Fsp3) is 0.941. The fourth-order valence-electron chi connectivity index (χ4n) is 4.69. The molecule has 0 spiro atoms. The first-order valence-corrected chi connectivity index (χ1v) is 8.84. The third-order valence-electron chi connectivity index (χ3n) is 5.94. The summed E-state index contributed by atoms with van der Waals surface area (Å²) < 4.78 is 0. The molecule has 0 radical (unpaired) electrons. The van der Waals surface area contributed by atoms with E-state index in [1.165, 1.54) is 57.8 Å². The van der Waals surface area contributed by atoms with Crippen LogP contribution >= 0.6 is 0 Å². The average Bonchev–Trinajstić information content (AvgIpc) is 2.92. The quantitative estimate of drug-likeness (QED) is 0.833. The van der Waals surface area contributed by atoms with E-state index in [0.29, 0.717) is 18.0 Å². The van der Waals surface area contributed by atoms with Gasteiger partial charge in [0.1, 0.15) is 0 Å². The maximum Gasteiger partial charge on any atom is 0.237 e. The molecule has 3 fully saturated rings. The second-order valence-corrected chi connectivity index (χ2v) is 7.17. The van der Waals surface area contributed by atoms with Gasteiger partial charge in [-0.25, -0.2) is 0 Å². The normalized spacial score (nSPS) is 41.1. The average molecular weight is 278 g/mol. The van der Waals surface area contributed by atoms with Crippen LogP contribution in [0.25, 0.3) is 0 Å². The third kappa shape index (κ3) is 3.03. The van der Waals surface area contributed by atoms with Crippen molar-refractivity contribution < 1.29 is 4.79 Å². The summed E-state index contributed by atoms with van der Waals surface area (Å²) >= 11 is 0. The molecule has 1 aliphatic heterocycles. The van der Waals surface area contributed by atoms with Crippen LogP contribution in [0.15, 0.2) is 0 Å². The van der Waals surface area contributed by atoms with Gasteiger partial charge in [-0.15, -0.1) is 0 Å². The highest BCUT2D eigenvalue weighted by atomic mass is 16.2. The second-order valence-electron chi connectivity index (χ2n) is 7.17. The van der Waals surface area contributed by atoms with Crippen LogP contribution in [0, 0.1) is 11.8 Å². The first-order chi connectivity index (χ1) is 9.78. The molecule has 1 heterocycles. The Morgan fingerprint density at radius 3 is 2.65 bits per heavy atom. The highest BCUT2D eigenvalue weighted by Crippen LogP contribution is 2.33. The molecule has 1 amide bonds. The van der Waals surface area contributed by atoms with Crippen molar-refractivity contribution in [3.8, 4) is 0 Å². The predicted molar refractivity (Wildman–Crippen MR) is 81.5 cm³/mol. The molecule has 20 heavy (non-hydrogen) atoms. The van der Waals surface area contributed by atoms with Gasteiger partial charge in [-0.3, -0.25) is 4.79 Å². The van der Waals surface area contributed by atoms with Gasteiger partial charge in [-0.1, -0.05) is 39.0 Å². The Kier molecular flexibility index (Phi) is 4.65. The topological polar surface area (TPSA) is 41.1 Å². The van der Waals surface area contributed by atoms with Gasteiger partial charge < -0.3 is 10.6 Å². The zero-order valence-electron chi connectivity index (χ0n) is 12.9. The minimum absolute atomic E-state index is 0.0857. The van der Waals surface area contributed by atoms with Crippen molar-refractivity contribution in [3.05, 3.63) is 0 Å². The van der Waals surface area contributed by atoms with Gasteiger partial charge in [-0.2, -0.15) is 0 Å². The van der Waals surface area contributed by atoms with Gasteiger partial charge in [0.2, 0.25) is 5.91 Å². The summed E-state index contributed by atoms with van der Waals surface area (Å²) in [6.07, 6.45) is 12.7. The molecule has 5 unspecified atom stereocenters. The second kappa shape index (κ2) is 6.46. The summed E-state index contributed by atoms with van der Waals surface area (Å²) in [6, 6.07) is 1.14. The molecule has 2 aliphatic carbocycles. The molecule has 114 valence electrons. The van der Waals surface area contributed by atoms with Crippen LogP contribution in [-0.2, 0) is 4.79 Å². The van der Waals surface area contributed by atoms with Crippen LogP contribution in [0.1, 0.15) is 71.1 Å². The number of rotatable bonds is 3. The maximum atomic E-state index is 12.5. The van der Waals surface area contributed by atoms with E-state index in [2.05, 4.69) is 17.6 Å². The lowest BCUT2D eigenvalue weighted by molar-refractivity contribution is -0.124. The number of carbonyl (C=O) groups excluding carboxylic acids is 1. The van der Waals surface area contributed by atoms with Gasteiger partial charge in [0, 0.05) is 12.1 Å². The van der Waals surface area contributed by atoms with E-state index in [1.54, 1.807) is 0 Å². The zero-order chi connectivity index (χ0) is 13.9. The van der Waals surface area contributed by atoms with E-state index >= 15 is 0 Å². The van der Waals surface area contributed by atoms with Crippen LogP contribution in [0.5, 0.6) is 0 Å². The maximum absolute atomic E-state index is 12.5. The van der Waals surface area contributed by atoms with Crippen molar-refractivity contribution >= 4 is 5.91 Å². The Morgan fingerprint density at radius 1 is 1.10 bits per heavy atom. The van der Waals surface area contributed by atoms with Crippen molar-refractivity contribution in [2.24, 2.45) is 11.8 Å². The van der Waals surface area contributed by atoms with Crippen LogP contribution < -0.4 is 10.6 Å². The largest absolute Gasteiger partial charge is 0.352 e. The predicted octanol–water partition coefficient (Wildman–Crippen LogP) is 2.99. The minimum Gasteiger partial charge on any atom is -0.352 e. The lowest BCUT2D eigenvalue weighted by Gasteiger charge is -2.32. The van der Waals surface area contributed by atoms with Gasteiger partial charge >= 0.3 is 0 Å². The summed E-state index contributed by atoms with van der Waals surface area (Å²) in [7, 11) is 0. The van der Waals surface area contributed by atoms with Gasteiger partial charge in [0.25, 0.3) is 0 Å². The van der Waals surface area contributed by atoms with E-state index in [4.69, 9.17) is 0 Å². The van der Waals surface area contributed by atoms with Crippen LogP contribution in [0.2, 0.25) is 0 Å². The number of nitrogens with one attached hydrogen (secondary N) is 2. The highest BCUT2D eigenvalue weighted by molar-refractivity contribution is 5.82. The first kappa shape index (κ1) is 14.4. The Balaban J connectivity index is 1.54. The van der Waals surface area contributed by atoms with E-state index in [0.717, 1.165) is 12.3 Å². The Hall–Kier alpha value is -0.570. The van der Waals surface area contributed by atoms with Crippen molar-refractivity contribution in [2.45, 2.75) is 89.3 Å². The van der Waals surface area contributed by atoms with E-state index < -0.39 is 0 Å². The lowest BCUT2D eigenvalue weighted by atomic mass is 9.82. The standard InChI is InChI=1S/C17H30N2O/c1-2-12-7-3-5-9-14(12)19-17(20)16-11-13-8-4-6-10-15(13)18-16/h12-16,18H,2-11H2,1H3,(H,19,20). The molecule has 3 rings (SSSR count). The molecule has 3 heteroatoms. The molecule has 0 aromatic rings. The number of carbonyl (C=O) groups is 1. The molecule has 0 bridgehead atoms. The van der Waals surface area contributed by atoms with Crippen LogP contribution in [0.3, 0.4) is 0 Å². The Labute approximate surface area is 123 Å². The molecule has 2 N–H and O–H groups in total. The molecule has 3 aliphatic rings. The first-order valence-electron chi connectivity index (χ1n) is 8.84. The third-order valence-corrected chi connectivity index (χ3v) is 5.94. The Bertz CT molecular complexity index is 330. The molecule has 5 atom stereocenters. The SMILES string of the molecule is CCC1CCCCC1NC(=O)C1CC2CCCCC2N1. The van der Waals surface area contributed by atoms with Crippen molar-refractivity contribution in [2.75, 3.05) is 0 Å². The minimum atomic E-state index is 0.0857. The number of hydrogen-bond acceptors (Lipinski definition) is 2. The number of fused-ring (bicyclic) bond motifs is 1. The summed E-state index contributed by atoms with van der Waals surface area (Å²) in [6.45, 7) is 2.26. The molecule has 0 aromatic carbocycles. The van der Waals surface area contributed by atoms with E-state index in [-0.39, 0.29) is 11.9 Å². The smallest absolute Gasteiger partial charge is 0.237 e. The summed E-state index contributed by atoms with van der Waals surface area (Å²) in [5, 5.41) is 6.97. The van der Waals surface area contributed by atoms with Crippen molar-refractivity contribution in [3.63, 3.8) is 0 Å². The Morgan fingerprint density at radius 2 is 1.85 bits per heavy atom. The molecular weight excluding hydrogens is 248 g/mol. The molecule has 3 nitrogen and oxygen atoms in total.